The van der Waals surface area contributed by atoms with Gasteiger partial charge >= 0.3 is 5.69 Å². The zero-order valence-electron chi connectivity index (χ0n) is 21.5. The minimum atomic E-state index is -0.443. The molecule has 0 bridgehead atoms. The lowest BCUT2D eigenvalue weighted by atomic mass is 9.83. The summed E-state index contributed by atoms with van der Waals surface area (Å²) in [6.07, 6.45) is 5.19. The van der Waals surface area contributed by atoms with E-state index in [4.69, 9.17) is 9.73 Å². The Kier molecular flexibility index (Phi) is 6.70. The van der Waals surface area contributed by atoms with Crippen LogP contribution in [0.15, 0.2) is 88.2 Å². The summed E-state index contributed by atoms with van der Waals surface area (Å²) in [5.74, 6) is 0.238. The minimum Gasteiger partial charge on any atom is -0.487 e. The lowest BCUT2D eigenvalue weighted by Gasteiger charge is -2.30. The van der Waals surface area contributed by atoms with Crippen LogP contribution in [0.4, 0.5) is 5.69 Å². The van der Waals surface area contributed by atoms with Crippen LogP contribution < -0.4 is 19.6 Å². The molecule has 0 N–H and O–H groups in total. The summed E-state index contributed by atoms with van der Waals surface area (Å²) in [6, 6.07) is 23.0. The van der Waals surface area contributed by atoms with Crippen molar-refractivity contribution in [3.8, 4) is 5.75 Å². The molecular weight excluding hydrogens is 510 g/mol. The number of allylic oxidation sites excluding steroid dienone is 1. The van der Waals surface area contributed by atoms with Crippen LogP contribution in [0.1, 0.15) is 54.5 Å². The quantitative estimate of drug-likeness (QED) is 0.179. The normalized spacial score (nSPS) is 16.2. The zero-order chi connectivity index (χ0) is 26.9. The lowest BCUT2D eigenvalue weighted by Crippen LogP contribution is -2.38. The van der Waals surface area contributed by atoms with Crippen LogP contribution in [0, 0.1) is 10.1 Å². The first-order valence-corrected chi connectivity index (χ1v) is 14.0. The Morgan fingerprint density at radius 2 is 1.90 bits per heavy atom. The molecule has 1 unspecified atom stereocenters. The number of ether oxygens (including phenoxy) is 1. The third-order valence-electron chi connectivity index (χ3n) is 7.22. The van der Waals surface area contributed by atoms with E-state index >= 15 is 0 Å². The first-order chi connectivity index (χ1) is 19.0. The molecule has 1 aromatic heterocycles. The van der Waals surface area contributed by atoms with Crippen molar-refractivity contribution in [2.45, 2.75) is 38.6 Å². The molecule has 1 aliphatic carbocycles. The van der Waals surface area contributed by atoms with Crippen LogP contribution in [0.3, 0.4) is 0 Å². The first kappa shape index (κ1) is 25.0. The highest BCUT2D eigenvalue weighted by Gasteiger charge is 2.32. The largest absolute Gasteiger partial charge is 0.487 e. The maximum Gasteiger partial charge on any atom is 0.311 e. The van der Waals surface area contributed by atoms with Crippen LogP contribution in [0.25, 0.3) is 11.8 Å². The Hall–Kier alpha value is -4.30. The van der Waals surface area contributed by atoms with E-state index in [1.165, 1.54) is 23.0 Å². The van der Waals surface area contributed by atoms with E-state index < -0.39 is 4.92 Å². The topological polar surface area (TPSA) is 86.7 Å². The highest BCUT2D eigenvalue weighted by Crippen LogP contribution is 2.41. The SMILES string of the molecule is CCCCOc1ccc(/C=c2\sc3n(c2=O)C(c2ccccc2)C2=C(N=3)c3ccccc3CC2)cc1[N+](=O)[O-]. The molecule has 0 radical (unpaired) electrons. The molecule has 196 valence electrons. The zero-order valence-corrected chi connectivity index (χ0v) is 22.3. The molecule has 1 atom stereocenters. The fraction of sp³-hybridized carbons (Fsp3) is 0.226. The summed E-state index contributed by atoms with van der Waals surface area (Å²) in [7, 11) is 0. The van der Waals surface area contributed by atoms with Gasteiger partial charge in [0.15, 0.2) is 10.6 Å². The highest BCUT2D eigenvalue weighted by molar-refractivity contribution is 7.07. The summed E-state index contributed by atoms with van der Waals surface area (Å²) < 4.78 is 7.91. The number of aryl methyl sites for hydroxylation is 1. The third-order valence-corrected chi connectivity index (χ3v) is 8.20. The van der Waals surface area contributed by atoms with E-state index in [0.29, 0.717) is 21.5 Å². The van der Waals surface area contributed by atoms with E-state index in [2.05, 4.69) is 30.3 Å². The second-order valence-corrected chi connectivity index (χ2v) is 10.7. The van der Waals surface area contributed by atoms with Crippen LogP contribution in [-0.2, 0) is 6.42 Å². The Balaban J connectivity index is 1.50. The molecule has 2 heterocycles. The molecular formula is C31H27N3O4S. The van der Waals surface area contributed by atoms with E-state index in [1.54, 1.807) is 22.8 Å². The van der Waals surface area contributed by atoms with Gasteiger partial charge in [-0.05, 0) is 53.7 Å². The Labute approximate surface area is 229 Å². The predicted octanol–water partition coefficient (Wildman–Crippen LogP) is 5.41. The maximum absolute atomic E-state index is 13.9. The summed E-state index contributed by atoms with van der Waals surface area (Å²) in [5, 5.41) is 11.8. The number of aromatic nitrogens is 1. The molecule has 1 aliphatic heterocycles. The number of unbranched alkanes of at least 4 members (excludes halogenated alkanes) is 1. The summed E-state index contributed by atoms with van der Waals surface area (Å²) in [5.41, 5.74) is 5.82. The van der Waals surface area contributed by atoms with E-state index in [1.807, 2.05) is 31.2 Å². The number of rotatable bonds is 7. The number of nitro groups is 1. The van der Waals surface area contributed by atoms with Gasteiger partial charge in [-0.15, -0.1) is 0 Å². The van der Waals surface area contributed by atoms with Crippen molar-refractivity contribution in [2.24, 2.45) is 4.99 Å². The van der Waals surface area contributed by atoms with Crippen molar-refractivity contribution in [2.75, 3.05) is 6.61 Å². The van der Waals surface area contributed by atoms with Crippen molar-refractivity contribution in [3.05, 3.63) is 130 Å². The first-order valence-electron chi connectivity index (χ1n) is 13.1. The average Bonchev–Trinajstić information content (AvgIpc) is 3.27. The number of benzene rings is 3. The van der Waals surface area contributed by atoms with Gasteiger partial charge in [-0.3, -0.25) is 19.5 Å². The van der Waals surface area contributed by atoms with Gasteiger partial charge in [0.2, 0.25) is 0 Å². The fourth-order valence-corrected chi connectivity index (χ4v) is 6.33. The number of thiazole rings is 1. The predicted molar refractivity (Wildman–Crippen MR) is 153 cm³/mol. The number of hydrogen-bond acceptors (Lipinski definition) is 6. The van der Waals surface area contributed by atoms with Gasteiger partial charge in [-0.1, -0.05) is 85.3 Å². The smallest absolute Gasteiger partial charge is 0.311 e. The average molecular weight is 538 g/mol. The van der Waals surface area contributed by atoms with Crippen molar-refractivity contribution in [1.29, 1.82) is 0 Å². The maximum atomic E-state index is 13.9. The van der Waals surface area contributed by atoms with E-state index in [-0.39, 0.29) is 23.0 Å². The summed E-state index contributed by atoms with van der Waals surface area (Å²) >= 11 is 1.31. The molecule has 7 nitrogen and oxygen atoms in total. The molecule has 8 heteroatoms. The van der Waals surface area contributed by atoms with Crippen molar-refractivity contribution < 1.29 is 9.66 Å². The van der Waals surface area contributed by atoms with Crippen LogP contribution in [0.5, 0.6) is 5.75 Å². The standard InChI is InChI=1S/C31H27N3O4S/c1-2-3-17-38-26-16-13-20(18-25(26)34(36)37)19-27-30(35)33-29(22-10-5-4-6-11-22)24-15-14-21-9-7-8-12-23(21)28(24)32-31(33)39-27/h4-13,16,18-19,29H,2-3,14-15,17H2,1H3/b27-19-. The van der Waals surface area contributed by atoms with Gasteiger partial charge in [0.1, 0.15) is 0 Å². The fourth-order valence-electron chi connectivity index (χ4n) is 5.32. The number of nitrogens with zero attached hydrogens (tertiary/aromatic N) is 3. The number of fused-ring (bicyclic) bond motifs is 3. The second-order valence-electron chi connectivity index (χ2n) is 9.71. The highest BCUT2D eigenvalue weighted by atomic mass is 32.1. The third kappa shape index (κ3) is 4.61. The summed E-state index contributed by atoms with van der Waals surface area (Å²) in [6.45, 7) is 2.46. The Morgan fingerprint density at radius 1 is 1.10 bits per heavy atom. The van der Waals surface area contributed by atoms with Crippen molar-refractivity contribution in [3.63, 3.8) is 0 Å². The molecule has 39 heavy (non-hydrogen) atoms. The molecule has 3 aromatic carbocycles. The minimum absolute atomic E-state index is 0.109. The van der Waals surface area contributed by atoms with Gasteiger partial charge < -0.3 is 4.74 Å². The van der Waals surface area contributed by atoms with Crippen molar-refractivity contribution in [1.82, 2.24) is 4.57 Å². The van der Waals surface area contributed by atoms with Crippen molar-refractivity contribution >= 4 is 28.8 Å². The van der Waals surface area contributed by atoms with E-state index in [0.717, 1.165) is 48.1 Å². The molecule has 4 aromatic rings. The van der Waals surface area contributed by atoms with Gasteiger partial charge in [0, 0.05) is 11.6 Å². The van der Waals surface area contributed by atoms with Crippen LogP contribution in [-0.4, -0.2) is 16.1 Å². The van der Waals surface area contributed by atoms with Gasteiger partial charge in [0.25, 0.3) is 5.56 Å². The van der Waals surface area contributed by atoms with Gasteiger partial charge in [-0.25, -0.2) is 4.99 Å². The summed E-state index contributed by atoms with van der Waals surface area (Å²) in [4.78, 5) is 30.8. The second kappa shape index (κ2) is 10.5. The van der Waals surface area contributed by atoms with E-state index in [9.17, 15) is 14.9 Å². The molecule has 6 rings (SSSR count). The molecule has 0 amide bonds. The lowest BCUT2D eigenvalue weighted by molar-refractivity contribution is -0.385. The molecule has 0 fully saturated rings. The monoisotopic (exact) mass is 537 g/mol. The van der Waals surface area contributed by atoms with Gasteiger partial charge in [-0.2, -0.15) is 0 Å². The Morgan fingerprint density at radius 3 is 2.69 bits per heavy atom. The van der Waals surface area contributed by atoms with Crippen LogP contribution >= 0.6 is 11.3 Å². The van der Waals surface area contributed by atoms with Gasteiger partial charge in [0.05, 0.1) is 27.8 Å². The molecule has 0 saturated carbocycles. The molecule has 0 spiro atoms. The molecule has 2 aliphatic rings. The molecule has 0 saturated heterocycles. The van der Waals surface area contributed by atoms with Crippen LogP contribution in [0.2, 0.25) is 0 Å². The number of hydrogen-bond donors (Lipinski definition) is 0. The Bertz CT molecular complexity index is 1790. The number of nitro benzene ring substituents is 1.